The van der Waals surface area contributed by atoms with Crippen molar-refractivity contribution in [2.75, 3.05) is 37.2 Å². The van der Waals surface area contributed by atoms with Gasteiger partial charge in [0, 0.05) is 13.1 Å². The van der Waals surface area contributed by atoms with Crippen molar-refractivity contribution in [1.82, 2.24) is 9.27 Å². The summed E-state index contributed by atoms with van der Waals surface area (Å²) in [7, 11) is 0. The summed E-state index contributed by atoms with van der Waals surface area (Å²) < 4.78 is 4.29. The summed E-state index contributed by atoms with van der Waals surface area (Å²) in [4.78, 5) is 2.50. The fraction of sp³-hybridized carbons (Fsp3) is 0.400. The van der Waals surface area contributed by atoms with Crippen LogP contribution in [0.3, 0.4) is 0 Å². The van der Waals surface area contributed by atoms with Crippen LogP contribution in [0.1, 0.15) is 12.8 Å². The third-order valence-corrected chi connectivity index (χ3v) is 4.51. The maximum absolute atomic E-state index is 6.02. The number of aromatic nitrogens is 1. The number of nitrogens with two attached hydrogens (primary N) is 1. The number of hydrogen-bond acceptors (Lipinski definition) is 5. The van der Waals surface area contributed by atoms with Crippen molar-refractivity contribution >= 4 is 22.4 Å². The van der Waals surface area contributed by atoms with Crippen molar-refractivity contribution in [3.8, 4) is 11.1 Å². The number of nitrogens with zero attached hydrogens (tertiary/aromatic N) is 2. The lowest BCUT2D eigenvalue weighted by Gasteiger charge is -2.15. The molecule has 3 N–H and O–H groups in total. The minimum Gasteiger partial charge on any atom is -0.382 e. The van der Waals surface area contributed by atoms with Gasteiger partial charge in [-0.2, -0.15) is 4.37 Å². The van der Waals surface area contributed by atoms with Gasteiger partial charge in [0.15, 0.2) is 0 Å². The molecule has 1 saturated heterocycles. The van der Waals surface area contributed by atoms with E-state index < -0.39 is 0 Å². The smallest absolute Gasteiger partial charge is 0.147 e. The molecule has 1 aromatic heterocycles. The van der Waals surface area contributed by atoms with Gasteiger partial charge in [0.1, 0.15) is 10.8 Å². The van der Waals surface area contributed by atoms with Crippen LogP contribution in [0.25, 0.3) is 11.1 Å². The van der Waals surface area contributed by atoms with Crippen molar-refractivity contribution in [3.63, 3.8) is 0 Å². The Morgan fingerprint density at radius 2 is 1.95 bits per heavy atom. The first-order valence-corrected chi connectivity index (χ1v) is 7.89. The number of hydrogen-bond donors (Lipinski definition) is 2. The number of benzene rings is 1. The molecule has 106 valence electrons. The maximum atomic E-state index is 6.02. The van der Waals surface area contributed by atoms with Crippen LogP contribution in [0.5, 0.6) is 0 Å². The first-order chi connectivity index (χ1) is 9.84. The Labute approximate surface area is 123 Å². The molecule has 0 unspecified atom stereocenters. The first kappa shape index (κ1) is 13.4. The Bertz CT molecular complexity index is 546. The molecular weight excluding hydrogens is 268 g/mol. The molecule has 20 heavy (non-hydrogen) atoms. The standard InChI is InChI=1S/C15H20N4S/c16-14-13(12-6-2-1-3-7-12)15(20-18-14)17-8-11-19-9-4-5-10-19/h1-3,6-7,17H,4-5,8-11H2,(H2,16,18). The van der Waals surface area contributed by atoms with E-state index in [-0.39, 0.29) is 0 Å². The zero-order valence-electron chi connectivity index (χ0n) is 11.5. The number of anilines is 2. The van der Waals surface area contributed by atoms with Gasteiger partial charge in [-0.3, -0.25) is 0 Å². The van der Waals surface area contributed by atoms with E-state index in [0.29, 0.717) is 5.82 Å². The highest BCUT2D eigenvalue weighted by Gasteiger charge is 2.14. The topological polar surface area (TPSA) is 54.2 Å². The molecule has 0 spiro atoms. The normalized spacial score (nSPS) is 15.6. The van der Waals surface area contributed by atoms with E-state index in [9.17, 15) is 0 Å². The van der Waals surface area contributed by atoms with Gasteiger partial charge in [-0.1, -0.05) is 30.3 Å². The third kappa shape index (κ3) is 2.94. The Morgan fingerprint density at radius 3 is 2.70 bits per heavy atom. The Morgan fingerprint density at radius 1 is 1.20 bits per heavy atom. The quantitative estimate of drug-likeness (QED) is 0.888. The summed E-state index contributed by atoms with van der Waals surface area (Å²) in [6.45, 7) is 4.50. The minimum atomic E-state index is 0.616. The highest BCUT2D eigenvalue weighted by Crippen LogP contribution is 2.36. The molecule has 0 bridgehead atoms. The molecule has 3 rings (SSSR count). The highest BCUT2D eigenvalue weighted by atomic mass is 32.1. The van der Waals surface area contributed by atoms with Gasteiger partial charge < -0.3 is 16.0 Å². The molecule has 0 aliphatic carbocycles. The van der Waals surface area contributed by atoms with Crippen LogP contribution in [0.15, 0.2) is 30.3 Å². The van der Waals surface area contributed by atoms with Gasteiger partial charge in [0.25, 0.3) is 0 Å². The van der Waals surface area contributed by atoms with Crippen LogP contribution in [0.4, 0.5) is 10.8 Å². The van der Waals surface area contributed by atoms with Crippen LogP contribution in [0, 0.1) is 0 Å². The third-order valence-electron chi connectivity index (χ3n) is 3.69. The first-order valence-electron chi connectivity index (χ1n) is 7.11. The van der Waals surface area contributed by atoms with Crippen LogP contribution in [-0.2, 0) is 0 Å². The van der Waals surface area contributed by atoms with Gasteiger partial charge >= 0.3 is 0 Å². The van der Waals surface area contributed by atoms with E-state index in [4.69, 9.17) is 5.73 Å². The molecule has 0 saturated carbocycles. The van der Waals surface area contributed by atoms with Crippen LogP contribution < -0.4 is 11.1 Å². The number of likely N-dealkylation sites (tertiary alicyclic amines) is 1. The molecule has 0 atom stereocenters. The predicted octanol–water partition coefficient (Wildman–Crippen LogP) is 2.90. The van der Waals surface area contributed by atoms with Crippen molar-refractivity contribution in [2.45, 2.75) is 12.8 Å². The summed E-state index contributed by atoms with van der Waals surface area (Å²) in [6.07, 6.45) is 2.67. The van der Waals surface area contributed by atoms with Crippen LogP contribution in [-0.4, -0.2) is 35.5 Å². The summed E-state index contributed by atoms with van der Waals surface area (Å²) in [5, 5.41) is 4.57. The fourth-order valence-electron chi connectivity index (χ4n) is 2.64. The van der Waals surface area contributed by atoms with Crippen molar-refractivity contribution < 1.29 is 0 Å². The maximum Gasteiger partial charge on any atom is 0.147 e. The van der Waals surface area contributed by atoms with E-state index >= 15 is 0 Å². The Hall–Kier alpha value is -1.59. The zero-order chi connectivity index (χ0) is 13.8. The van der Waals surface area contributed by atoms with Gasteiger partial charge in [0.2, 0.25) is 0 Å². The van der Waals surface area contributed by atoms with Crippen LogP contribution in [0.2, 0.25) is 0 Å². The molecule has 0 radical (unpaired) electrons. The molecule has 2 heterocycles. The van der Waals surface area contributed by atoms with Crippen molar-refractivity contribution in [2.24, 2.45) is 0 Å². The summed E-state index contributed by atoms with van der Waals surface area (Å²) in [5.74, 6) is 0.616. The number of nitrogen functional groups attached to an aromatic ring is 1. The molecule has 1 aliphatic rings. The lowest BCUT2D eigenvalue weighted by Crippen LogP contribution is -2.25. The largest absolute Gasteiger partial charge is 0.382 e. The summed E-state index contributed by atoms with van der Waals surface area (Å²) in [6, 6.07) is 10.2. The van der Waals surface area contributed by atoms with Gasteiger partial charge in [-0.25, -0.2) is 0 Å². The second-order valence-electron chi connectivity index (χ2n) is 5.11. The molecule has 5 heteroatoms. The second kappa shape index (κ2) is 6.24. The van der Waals surface area contributed by atoms with Crippen molar-refractivity contribution in [1.29, 1.82) is 0 Å². The SMILES string of the molecule is Nc1nsc(NCCN2CCCC2)c1-c1ccccc1. The predicted molar refractivity (Wildman–Crippen MR) is 86.1 cm³/mol. The van der Waals surface area contributed by atoms with Gasteiger partial charge in [-0.15, -0.1) is 0 Å². The molecule has 0 amide bonds. The second-order valence-corrected chi connectivity index (χ2v) is 5.89. The Balaban J connectivity index is 1.67. The molecule has 2 aromatic rings. The number of rotatable bonds is 5. The lowest BCUT2D eigenvalue weighted by molar-refractivity contribution is 0.353. The van der Waals surface area contributed by atoms with E-state index in [1.165, 1.54) is 37.5 Å². The van der Waals surface area contributed by atoms with Gasteiger partial charge in [0.05, 0.1) is 5.56 Å². The van der Waals surface area contributed by atoms with E-state index in [1.807, 2.05) is 18.2 Å². The van der Waals surface area contributed by atoms with Gasteiger partial charge in [-0.05, 0) is 43.0 Å². The van der Waals surface area contributed by atoms with Crippen molar-refractivity contribution in [3.05, 3.63) is 30.3 Å². The summed E-state index contributed by atoms with van der Waals surface area (Å²) >= 11 is 1.45. The molecular formula is C15H20N4S. The Kier molecular flexibility index (Phi) is 4.18. The minimum absolute atomic E-state index is 0.616. The van der Waals surface area contributed by atoms with E-state index in [1.54, 1.807) is 0 Å². The lowest BCUT2D eigenvalue weighted by atomic mass is 10.1. The fourth-order valence-corrected chi connectivity index (χ4v) is 3.40. The van der Waals surface area contributed by atoms with Crippen LogP contribution >= 0.6 is 11.5 Å². The zero-order valence-corrected chi connectivity index (χ0v) is 12.3. The average molecular weight is 288 g/mol. The average Bonchev–Trinajstić information content (AvgIpc) is 3.10. The van der Waals surface area contributed by atoms with E-state index in [2.05, 4.69) is 26.7 Å². The molecule has 1 aromatic carbocycles. The summed E-state index contributed by atoms with van der Waals surface area (Å²) in [5.41, 5.74) is 8.18. The molecule has 1 aliphatic heterocycles. The highest BCUT2D eigenvalue weighted by molar-refractivity contribution is 7.11. The monoisotopic (exact) mass is 288 g/mol. The number of nitrogens with one attached hydrogen (secondary N) is 1. The molecule has 1 fully saturated rings. The van der Waals surface area contributed by atoms with E-state index in [0.717, 1.165) is 29.2 Å². The molecule has 4 nitrogen and oxygen atoms in total.